The molecule has 1 aromatic carbocycles. The van der Waals surface area contributed by atoms with Gasteiger partial charge in [-0.25, -0.2) is 19.3 Å². The van der Waals surface area contributed by atoms with Crippen LogP contribution in [0.25, 0.3) is 11.2 Å². The summed E-state index contributed by atoms with van der Waals surface area (Å²) in [5, 5.41) is 20.5. The van der Waals surface area contributed by atoms with Crippen LogP contribution in [0, 0.1) is 0 Å². The molecule has 10 heteroatoms. The molecule has 1 aliphatic rings. The Morgan fingerprint density at radius 2 is 2.00 bits per heavy atom. The van der Waals surface area contributed by atoms with Gasteiger partial charge in [-0.3, -0.25) is 9.36 Å². The molecule has 0 bridgehead atoms. The lowest BCUT2D eigenvalue weighted by Gasteiger charge is -2.17. The van der Waals surface area contributed by atoms with Crippen LogP contribution in [0.2, 0.25) is 5.15 Å². The number of carbonyl (C=O) groups excluding carboxylic acids is 1. The lowest BCUT2D eigenvalue weighted by Crippen LogP contribution is -2.37. The number of alkyl halides is 1. The number of hydrogen-bond donors (Lipinski definition) is 2. The molecule has 1 aliphatic heterocycles. The summed E-state index contributed by atoms with van der Waals surface area (Å²) in [4.78, 5) is 24.4. The first-order chi connectivity index (χ1) is 13.0. The van der Waals surface area contributed by atoms with Gasteiger partial charge in [0.2, 0.25) is 0 Å². The predicted molar refractivity (Wildman–Crippen MR) is 91.6 cm³/mol. The molecule has 2 aromatic heterocycles. The number of hydrogen-bond acceptors (Lipinski definition) is 7. The Balaban J connectivity index is 1.62. The SMILES string of the molecule is O=C(C(O)c1ccccc1)[C@H]1O[C@@H](n2cnc3c(Cl)ncnc32)[C@H](F)[C@@H]1O. The summed E-state index contributed by atoms with van der Waals surface area (Å²) in [5.41, 5.74) is 0.764. The van der Waals surface area contributed by atoms with E-state index in [0.717, 1.165) is 0 Å². The average molecular weight is 393 g/mol. The van der Waals surface area contributed by atoms with Gasteiger partial charge in [0.15, 0.2) is 35.1 Å². The first kappa shape index (κ1) is 17.9. The van der Waals surface area contributed by atoms with Gasteiger partial charge in [0, 0.05) is 0 Å². The highest BCUT2D eigenvalue weighted by atomic mass is 35.5. The molecule has 3 aromatic rings. The lowest BCUT2D eigenvalue weighted by atomic mass is 9.98. The highest BCUT2D eigenvalue weighted by Crippen LogP contribution is 2.36. The van der Waals surface area contributed by atoms with Gasteiger partial charge in [0.25, 0.3) is 0 Å². The Morgan fingerprint density at radius 1 is 1.26 bits per heavy atom. The second-order valence-electron chi connectivity index (χ2n) is 6.09. The van der Waals surface area contributed by atoms with Gasteiger partial charge in [0.05, 0.1) is 6.33 Å². The smallest absolute Gasteiger partial charge is 0.197 e. The van der Waals surface area contributed by atoms with E-state index >= 15 is 0 Å². The third-order valence-electron chi connectivity index (χ3n) is 4.45. The molecule has 140 valence electrons. The Kier molecular flexibility index (Phi) is 4.60. The number of aliphatic hydroxyl groups excluding tert-OH is 2. The number of ether oxygens (including phenoxy) is 1. The van der Waals surface area contributed by atoms with Crippen molar-refractivity contribution in [2.24, 2.45) is 0 Å². The number of rotatable bonds is 4. The molecule has 8 nitrogen and oxygen atoms in total. The van der Waals surface area contributed by atoms with Gasteiger partial charge in [-0.05, 0) is 5.56 Å². The predicted octanol–water partition coefficient (Wildman–Crippen LogP) is 1.38. The van der Waals surface area contributed by atoms with E-state index < -0.39 is 36.5 Å². The Labute approximate surface area is 157 Å². The van der Waals surface area contributed by atoms with E-state index in [0.29, 0.717) is 5.56 Å². The van der Waals surface area contributed by atoms with Crippen LogP contribution >= 0.6 is 11.6 Å². The molecule has 3 heterocycles. The fourth-order valence-electron chi connectivity index (χ4n) is 3.06. The number of fused-ring (bicyclic) bond motifs is 1. The summed E-state index contributed by atoms with van der Waals surface area (Å²) in [6.45, 7) is 0. The van der Waals surface area contributed by atoms with E-state index in [1.54, 1.807) is 30.3 Å². The van der Waals surface area contributed by atoms with Crippen LogP contribution in [0.3, 0.4) is 0 Å². The first-order valence-corrected chi connectivity index (χ1v) is 8.44. The molecule has 1 saturated heterocycles. The molecule has 2 N–H and O–H groups in total. The maximum atomic E-state index is 14.7. The van der Waals surface area contributed by atoms with Gasteiger partial charge in [-0.2, -0.15) is 0 Å². The summed E-state index contributed by atoms with van der Waals surface area (Å²) in [6, 6.07) is 8.14. The molecule has 0 amide bonds. The molecule has 5 atom stereocenters. The highest BCUT2D eigenvalue weighted by molar-refractivity contribution is 6.33. The summed E-state index contributed by atoms with van der Waals surface area (Å²) < 4.78 is 21.4. The minimum Gasteiger partial charge on any atom is -0.387 e. The molecule has 1 unspecified atom stereocenters. The van der Waals surface area contributed by atoms with E-state index in [1.807, 2.05) is 0 Å². The largest absolute Gasteiger partial charge is 0.387 e. The van der Waals surface area contributed by atoms with Gasteiger partial charge in [-0.15, -0.1) is 0 Å². The molecular weight excluding hydrogens is 379 g/mol. The third-order valence-corrected chi connectivity index (χ3v) is 4.72. The van der Waals surface area contributed by atoms with Crippen molar-refractivity contribution in [3.8, 4) is 0 Å². The minimum atomic E-state index is -1.94. The average Bonchev–Trinajstić information content (AvgIpc) is 3.24. The maximum absolute atomic E-state index is 14.7. The number of aliphatic hydroxyl groups is 2. The van der Waals surface area contributed by atoms with Gasteiger partial charge >= 0.3 is 0 Å². The second-order valence-corrected chi connectivity index (χ2v) is 6.44. The quantitative estimate of drug-likeness (QED) is 0.645. The zero-order valence-corrected chi connectivity index (χ0v) is 14.4. The minimum absolute atomic E-state index is 0.0832. The van der Waals surface area contributed by atoms with Crippen molar-refractivity contribution in [1.82, 2.24) is 19.5 Å². The topological polar surface area (TPSA) is 110 Å². The second kappa shape index (κ2) is 6.93. The van der Waals surface area contributed by atoms with Gasteiger partial charge in [0.1, 0.15) is 24.1 Å². The standard InChI is InChI=1S/C17H14ClFN4O4/c18-15-10-16(21-6-20-15)23(7-22-10)17-9(19)12(25)14(27-17)13(26)11(24)8-4-2-1-3-5-8/h1-7,9,11-12,14,17,24-25H/t9-,11?,12+,14+,17-/m1/s1. The number of nitrogens with zero attached hydrogens (tertiary/aromatic N) is 4. The number of carbonyl (C=O) groups is 1. The Bertz CT molecular complexity index is 985. The van der Waals surface area contributed by atoms with E-state index in [9.17, 15) is 19.4 Å². The van der Waals surface area contributed by atoms with Crippen molar-refractivity contribution >= 4 is 28.5 Å². The molecular formula is C17H14ClFN4O4. The van der Waals surface area contributed by atoms with E-state index in [1.165, 1.54) is 17.2 Å². The van der Waals surface area contributed by atoms with Crippen molar-refractivity contribution in [3.63, 3.8) is 0 Å². The highest BCUT2D eigenvalue weighted by Gasteiger charge is 2.50. The molecule has 0 aliphatic carbocycles. The number of halogens is 2. The van der Waals surface area contributed by atoms with Crippen LogP contribution < -0.4 is 0 Å². The summed E-state index contributed by atoms with van der Waals surface area (Å²) in [7, 11) is 0. The zero-order chi connectivity index (χ0) is 19.1. The van der Waals surface area contributed by atoms with Crippen molar-refractivity contribution in [2.45, 2.75) is 30.7 Å². The first-order valence-electron chi connectivity index (χ1n) is 8.06. The monoisotopic (exact) mass is 392 g/mol. The maximum Gasteiger partial charge on any atom is 0.197 e. The number of aromatic nitrogens is 4. The molecule has 0 radical (unpaired) electrons. The van der Waals surface area contributed by atoms with Crippen molar-refractivity contribution < 1.29 is 24.1 Å². The molecule has 27 heavy (non-hydrogen) atoms. The van der Waals surface area contributed by atoms with Crippen LogP contribution in [0.5, 0.6) is 0 Å². The molecule has 4 rings (SSSR count). The van der Waals surface area contributed by atoms with E-state index in [2.05, 4.69) is 15.0 Å². The summed E-state index contributed by atoms with van der Waals surface area (Å²) in [5.74, 6) is -0.837. The number of benzene rings is 1. The van der Waals surface area contributed by atoms with Crippen molar-refractivity contribution in [2.75, 3.05) is 0 Å². The van der Waals surface area contributed by atoms with Crippen molar-refractivity contribution in [1.29, 1.82) is 0 Å². The number of ketones is 1. The van der Waals surface area contributed by atoms with Crippen LogP contribution in [-0.2, 0) is 9.53 Å². The zero-order valence-electron chi connectivity index (χ0n) is 13.7. The number of Topliss-reactive ketones (excluding diaryl/α,β-unsaturated/α-hetero) is 1. The van der Waals surface area contributed by atoms with Gasteiger partial charge < -0.3 is 14.9 Å². The molecule has 0 saturated carbocycles. The normalized spacial score (nSPS) is 26.4. The van der Waals surface area contributed by atoms with Crippen LogP contribution in [0.4, 0.5) is 4.39 Å². The van der Waals surface area contributed by atoms with Gasteiger partial charge in [-0.1, -0.05) is 41.9 Å². The lowest BCUT2D eigenvalue weighted by molar-refractivity contribution is -0.144. The molecule has 0 spiro atoms. The third kappa shape index (κ3) is 2.98. The fraction of sp³-hybridized carbons (Fsp3) is 0.294. The van der Waals surface area contributed by atoms with Crippen LogP contribution in [0.1, 0.15) is 17.9 Å². The Morgan fingerprint density at radius 3 is 2.74 bits per heavy atom. The molecule has 1 fully saturated rings. The van der Waals surface area contributed by atoms with E-state index in [4.69, 9.17) is 16.3 Å². The Hall–Kier alpha value is -2.46. The van der Waals surface area contributed by atoms with Crippen molar-refractivity contribution in [3.05, 3.63) is 53.7 Å². The fourth-order valence-corrected chi connectivity index (χ4v) is 3.24. The van der Waals surface area contributed by atoms with Crippen LogP contribution in [-0.4, -0.2) is 53.9 Å². The van der Waals surface area contributed by atoms with E-state index in [-0.39, 0.29) is 16.3 Å². The number of imidazole rings is 1. The van der Waals surface area contributed by atoms with Crippen LogP contribution in [0.15, 0.2) is 43.0 Å². The summed E-state index contributed by atoms with van der Waals surface area (Å²) in [6.07, 6.45) is -5.71. The summed E-state index contributed by atoms with van der Waals surface area (Å²) >= 11 is 5.93.